The highest BCUT2D eigenvalue weighted by molar-refractivity contribution is 7.47. The summed E-state index contributed by atoms with van der Waals surface area (Å²) in [6, 6.07) is 0. The molecule has 0 bridgehead atoms. The zero-order chi connectivity index (χ0) is 74.6. The molecule has 0 saturated heterocycles. The highest BCUT2D eigenvalue weighted by Gasteiger charge is 2.30. The number of carbonyl (C=O) groups excluding carboxylic acids is 4. The molecular formula is C82H160O17P2. The molecule has 600 valence electrons. The molecule has 0 fully saturated rings. The fourth-order valence-corrected chi connectivity index (χ4v) is 14.2. The van der Waals surface area contributed by atoms with Gasteiger partial charge in [-0.1, -0.05) is 370 Å². The molecule has 0 saturated carbocycles. The van der Waals surface area contributed by atoms with Crippen molar-refractivity contribution < 1.29 is 80.2 Å². The van der Waals surface area contributed by atoms with E-state index >= 15 is 0 Å². The second-order valence-electron chi connectivity index (χ2n) is 31.2. The predicted octanol–water partition coefficient (Wildman–Crippen LogP) is 24.4. The number of unbranched alkanes of at least 4 members (excludes halogenated alkanes) is 44. The Bertz CT molecular complexity index is 1970. The van der Waals surface area contributed by atoms with Gasteiger partial charge in [0.2, 0.25) is 0 Å². The summed E-state index contributed by atoms with van der Waals surface area (Å²) in [5.41, 5.74) is 0. The van der Waals surface area contributed by atoms with Crippen LogP contribution in [-0.2, 0) is 65.4 Å². The number of aliphatic hydroxyl groups excluding tert-OH is 1. The van der Waals surface area contributed by atoms with Crippen molar-refractivity contribution in [2.45, 2.75) is 440 Å². The normalized spacial score (nSPS) is 14.3. The fraction of sp³-hybridized carbons (Fsp3) is 0.951. The minimum Gasteiger partial charge on any atom is -0.462 e. The lowest BCUT2D eigenvalue weighted by molar-refractivity contribution is -0.161. The van der Waals surface area contributed by atoms with Crippen LogP contribution >= 0.6 is 15.6 Å². The van der Waals surface area contributed by atoms with Crippen molar-refractivity contribution in [3.63, 3.8) is 0 Å². The lowest BCUT2D eigenvalue weighted by Gasteiger charge is -2.21. The second-order valence-corrected chi connectivity index (χ2v) is 34.1. The lowest BCUT2D eigenvalue weighted by Crippen LogP contribution is -2.30. The summed E-state index contributed by atoms with van der Waals surface area (Å²) >= 11 is 0. The first-order chi connectivity index (χ1) is 48.6. The topological polar surface area (TPSA) is 237 Å². The molecule has 0 radical (unpaired) electrons. The highest BCUT2D eigenvalue weighted by atomic mass is 31.2. The number of hydrogen-bond donors (Lipinski definition) is 3. The van der Waals surface area contributed by atoms with Gasteiger partial charge in [-0.25, -0.2) is 9.13 Å². The van der Waals surface area contributed by atoms with Crippen molar-refractivity contribution in [2.24, 2.45) is 23.7 Å². The van der Waals surface area contributed by atoms with Gasteiger partial charge in [0.1, 0.15) is 19.3 Å². The first kappa shape index (κ1) is 99.1. The van der Waals surface area contributed by atoms with Gasteiger partial charge >= 0.3 is 39.5 Å². The SMILES string of the molecule is CCC(C)CCCCCCCCCCCCCCCCCCCCC(=O)O[C@H](COC(=O)CCCCCCCCC(C)C)COP(=O)(O)OC[C@H](O)COP(=O)(O)OC[C@@H](COC(=O)CCCCCCCCCCCCCCC(C)C)OC(=O)CCCCCCCCCCCCCCC(C)C. The number of phosphoric acid groups is 2. The van der Waals surface area contributed by atoms with Crippen molar-refractivity contribution in [2.75, 3.05) is 39.6 Å². The molecule has 0 aliphatic heterocycles. The summed E-state index contributed by atoms with van der Waals surface area (Å²) in [7, 11) is -9.92. The highest BCUT2D eigenvalue weighted by Crippen LogP contribution is 2.45. The zero-order valence-corrected chi connectivity index (χ0v) is 68.3. The molecule has 3 N–H and O–H groups in total. The molecule has 0 aliphatic rings. The molecular weight excluding hydrogens is 1320 g/mol. The number of aliphatic hydroxyl groups is 1. The standard InChI is InChI=1S/C82H160O17P2/c1-9-75(8)61-53-45-36-30-24-16-14-12-10-11-13-15-17-26-32-38-48-56-64-82(87)99-78(69-93-80(85)63-55-47-41-40-44-52-60-74(6)7)71-97-101(90,91)95-67-76(83)66-94-100(88,89)96-70-77(98-81(86)65-57-49-39-33-27-21-19-23-29-35-43-51-59-73(4)5)68-92-79(84)62-54-46-37-31-25-20-18-22-28-34-42-50-58-72(2)3/h72-78,83H,9-71H2,1-8H3,(H,88,89)(H,90,91)/t75?,76-,77-,78-/m1/s1. The molecule has 0 aromatic carbocycles. The van der Waals surface area contributed by atoms with Crippen molar-refractivity contribution >= 4 is 39.5 Å². The van der Waals surface area contributed by atoms with Crippen LogP contribution < -0.4 is 0 Å². The Morgan fingerprint density at radius 1 is 0.277 bits per heavy atom. The maximum Gasteiger partial charge on any atom is 0.472 e. The molecule has 19 heteroatoms. The number of carbonyl (C=O) groups is 4. The Labute approximate surface area is 619 Å². The van der Waals surface area contributed by atoms with Gasteiger partial charge in [-0.15, -0.1) is 0 Å². The number of esters is 4. The van der Waals surface area contributed by atoms with E-state index < -0.39 is 97.5 Å². The fourth-order valence-electron chi connectivity index (χ4n) is 12.6. The van der Waals surface area contributed by atoms with Gasteiger partial charge < -0.3 is 33.8 Å². The summed E-state index contributed by atoms with van der Waals surface area (Å²) in [6.45, 7) is 14.3. The van der Waals surface area contributed by atoms with Crippen LogP contribution in [0.4, 0.5) is 0 Å². The maximum absolute atomic E-state index is 13.1. The smallest absolute Gasteiger partial charge is 0.462 e. The molecule has 0 rings (SSSR count). The molecule has 6 atom stereocenters. The average molecular weight is 1480 g/mol. The van der Waals surface area contributed by atoms with E-state index in [4.69, 9.17) is 37.0 Å². The Morgan fingerprint density at radius 3 is 0.703 bits per heavy atom. The third kappa shape index (κ3) is 74.7. The van der Waals surface area contributed by atoms with E-state index in [1.54, 1.807) is 0 Å². The van der Waals surface area contributed by atoms with Crippen molar-refractivity contribution in [1.29, 1.82) is 0 Å². The summed E-state index contributed by atoms with van der Waals surface area (Å²) in [6.07, 6.45) is 58.4. The van der Waals surface area contributed by atoms with Crippen LogP contribution in [0.15, 0.2) is 0 Å². The first-order valence-corrected chi connectivity index (χ1v) is 45.2. The van der Waals surface area contributed by atoms with Crippen LogP contribution in [0.5, 0.6) is 0 Å². The van der Waals surface area contributed by atoms with E-state index in [-0.39, 0.29) is 25.7 Å². The molecule has 17 nitrogen and oxygen atoms in total. The molecule has 0 spiro atoms. The van der Waals surface area contributed by atoms with Crippen LogP contribution in [0.25, 0.3) is 0 Å². The Kier molecular flexibility index (Phi) is 69.6. The largest absolute Gasteiger partial charge is 0.472 e. The van der Waals surface area contributed by atoms with E-state index in [0.717, 1.165) is 114 Å². The minimum absolute atomic E-state index is 0.107. The third-order valence-electron chi connectivity index (χ3n) is 19.4. The summed E-state index contributed by atoms with van der Waals surface area (Å²) in [4.78, 5) is 73.0. The molecule has 0 aromatic heterocycles. The quantitative estimate of drug-likeness (QED) is 0.0222. The number of ether oxygens (including phenoxy) is 4. The van der Waals surface area contributed by atoms with Crippen LogP contribution in [0.2, 0.25) is 0 Å². The maximum atomic E-state index is 13.1. The van der Waals surface area contributed by atoms with Gasteiger partial charge in [-0.05, 0) is 49.4 Å². The van der Waals surface area contributed by atoms with Gasteiger partial charge in [0, 0.05) is 25.7 Å². The number of rotatable bonds is 79. The average Bonchev–Trinajstić information content (AvgIpc) is 0.922. The monoisotopic (exact) mass is 1480 g/mol. The van der Waals surface area contributed by atoms with Crippen LogP contribution in [0.3, 0.4) is 0 Å². The van der Waals surface area contributed by atoms with Crippen LogP contribution in [0.1, 0.15) is 421 Å². The van der Waals surface area contributed by atoms with Gasteiger partial charge in [-0.2, -0.15) is 0 Å². The van der Waals surface area contributed by atoms with Crippen molar-refractivity contribution in [1.82, 2.24) is 0 Å². The Balaban J connectivity index is 5.18. The molecule has 0 amide bonds. The van der Waals surface area contributed by atoms with Gasteiger partial charge in [-0.3, -0.25) is 37.3 Å². The molecule has 3 unspecified atom stereocenters. The van der Waals surface area contributed by atoms with Gasteiger partial charge in [0.05, 0.1) is 26.4 Å². The van der Waals surface area contributed by atoms with E-state index in [2.05, 4.69) is 55.4 Å². The first-order valence-electron chi connectivity index (χ1n) is 42.2. The molecule has 0 heterocycles. The summed E-state index contributed by atoms with van der Waals surface area (Å²) < 4.78 is 68.7. The number of hydrogen-bond acceptors (Lipinski definition) is 15. The Hall–Kier alpha value is -1.94. The second kappa shape index (κ2) is 71.0. The van der Waals surface area contributed by atoms with E-state index in [1.165, 1.54) is 218 Å². The summed E-state index contributed by atoms with van der Waals surface area (Å²) in [5.74, 6) is 0.994. The number of phosphoric ester groups is 2. The molecule has 0 aromatic rings. The predicted molar refractivity (Wildman–Crippen MR) is 414 cm³/mol. The summed E-state index contributed by atoms with van der Waals surface area (Å²) in [5, 5.41) is 10.6. The van der Waals surface area contributed by atoms with E-state index in [9.17, 15) is 43.2 Å². The molecule has 101 heavy (non-hydrogen) atoms. The van der Waals surface area contributed by atoms with Crippen molar-refractivity contribution in [3.8, 4) is 0 Å². The van der Waals surface area contributed by atoms with Crippen LogP contribution in [-0.4, -0.2) is 96.7 Å². The van der Waals surface area contributed by atoms with Crippen LogP contribution in [0, 0.1) is 23.7 Å². The van der Waals surface area contributed by atoms with E-state index in [0.29, 0.717) is 31.6 Å². The zero-order valence-electron chi connectivity index (χ0n) is 66.5. The van der Waals surface area contributed by atoms with E-state index in [1.807, 2.05) is 0 Å². The lowest BCUT2D eigenvalue weighted by atomic mass is 9.99. The van der Waals surface area contributed by atoms with Crippen molar-refractivity contribution in [3.05, 3.63) is 0 Å². The Morgan fingerprint density at radius 2 is 0.475 bits per heavy atom. The molecule has 0 aliphatic carbocycles. The van der Waals surface area contributed by atoms with Gasteiger partial charge in [0.25, 0.3) is 0 Å². The van der Waals surface area contributed by atoms with Gasteiger partial charge in [0.15, 0.2) is 12.2 Å². The minimum atomic E-state index is -4.96. The third-order valence-corrected chi connectivity index (χ3v) is 21.3.